The Morgan fingerprint density at radius 2 is 2.35 bits per heavy atom. The molecule has 5 nitrogen and oxygen atoms in total. The van der Waals surface area contributed by atoms with E-state index < -0.39 is 0 Å². The van der Waals surface area contributed by atoms with E-state index in [1.54, 1.807) is 7.05 Å². The average molecular weight is 276 g/mol. The number of aromatic nitrogens is 1. The molecular weight excluding hydrogens is 252 g/mol. The number of likely N-dealkylation sites (N-methyl/N-ethyl adjacent to an activating group) is 1. The van der Waals surface area contributed by atoms with Crippen molar-refractivity contribution in [3.8, 4) is 0 Å². The number of pyridine rings is 1. The number of rotatable bonds is 4. The van der Waals surface area contributed by atoms with Crippen molar-refractivity contribution < 1.29 is 4.79 Å². The highest BCUT2D eigenvalue weighted by atomic mass is 16.1. The van der Waals surface area contributed by atoms with E-state index in [2.05, 4.69) is 27.3 Å². The number of carbonyl (C=O) groups is 1. The first-order valence-electron chi connectivity index (χ1n) is 7.16. The first-order valence-corrected chi connectivity index (χ1v) is 7.16. The Hall–Kier alpha value is -1.62. The molecule has 0 saturated carbocycles. The number of carbonyl (C=O) groups excluding carboxylic acids is 1. The third kappa shape index (κ3) is 3.70. The van der Waals surface area contributed by atoms with E-state index in [0.717, 1.165) is 25.3 Å². The van der Waals surface area contributed by atoms with Crippen LogP contribution < -0.4 is 10.2 Å². The summed E-state index contributed by atoms with van der Waals surface area (Å²) in [7, 11) is 5.70. The minimum Gasteiger partial charge on any atom is -0.363 e. The summed E-state index contributed by atoms with van der Waals surface area (Å²) in [5.41, 5.74) is 1.32. The zero-order chi connectivity index (χ0) is 14.5. The van der Waals surface area contributed by atoms with E-state index in [9.17, 15) is 4.79 Å². The number of hydrogen-bond acceptors (Lipinski definition) is 4. The number of anilines is 1. The highest BCUT2D eigenvalue weighted by Gasteiger charge is 2.22. The van der Waals surface area contributed by atoms with Crippen molar-refractivity contribution in [2.45, 2.75) is 18.8 Å². The van der Waals surface area contributed by atoms with Gasteiger partial charge in [0, 0.05) is 33.9 Å². The molecule has 2 rings (SSSR count). The van der Waals surface area contributed by atoms with Crippen LogP contribution in [0.4, 0.5) is 5.82 Å². The topological polar surface area (TPSA) is 48.5 Å². The molecule has 1 aliphatic rings. The molecule has 0 spiro atoms. The Bertz CT molecular complexity index is 461. The van der Waals surface area contributed by atoms with Crippen LogP contribution in [0.15, 0.2) is 18.3 Å². The van der Waals surface area contributed by atoms with Gasteiger partial charge in [-0.15, -0.1) is 0 Å². The molecule has 0 bridgehead atoms. The molecule has 1 aromatic rings. The normalized spacial score (nSPS) is 19.6. The first kappa shape index (κ1) is 14.8. The Morgan fingerprint density at radius 3 is 3.05 bits per heavy atom. The molecule has 1 N–H and O–H groups in total. The number of likely N-dealkylation sites (tertiary alicyclic amines) is 1. The van der Waals surface area contributed by atoms with Crippen LogP contribution in [0.2, 0.25) is 0 Å². The first-order chi connectivity index (χ1) is 9.60. The lowest BCUT2D eigenvalue weighted by Gasteiger charge is -2.32. The molecule has 0 aliphatic carbocycles. The van der Waals surface area contributed by atoms with E-state index in [1.165, 1.54) is 12.0 Å². The van der Waals surface area contributed by atoms with E-state index in [0.29, 0.717) is 12.5 Å². The van der Waals surface area contributed by atoms with Crippen LogP contribution >= 0.6 is 0 Å². The van der Waals surface area contributed by atoms with Gasteiger partial charge >= 0.3 is 0 Å². The van der Waals surface area contributed by atoms with Crippen molar-refractivity contribution in [1.82, 2.24) is 15.2 Å². The van der Waals surface area contributed by atoms with E-state index in [4.69, 9.17) is 0 Å². The summed E-state index contributed by atoms with van der Waals surface area (Å²) in [5.74, 6) is 1.58. The quantitative estimate of drug-likeness (QED) is 0.894. The number of nitrogens with one attached hydrogen (secondary N) is 1. The smallest absolute Gasteiger partial charge is 0.233 e. The highest BCUT2D eigenvalue weighted by molar-refractivity contribution is 5.77. The predicted molar refractivity (Wildman–Crippen MR) is 81.0 cm³/mol. The number of amides is 1. The van der Waals surface area contributed by atoms with Crippen LogP contribution in [0.25, 0.3) is 0 Å². The second kappa shape index (κ2) is 6.70. The standard InChI is InChI=1S/C15H24N4O/c1-16-15(20)11-19-8-4-5-13(10-19)12-6-7-17-14(9-12)18(2)3/h6-7,9,13H,4-5,8,10-11H2,1-3H3,(H,16,20)/t13-/m0/s1. The third-order valence-electron chi connectivity index (χ3n) is 3.85. The summed E-state index contributed by atoms with van der Waals surface area (Å²) in [6, 6.07) is 4.26. The summed E-state index contributed by atoms with van der Waals surface area (Å²) in [6.45, 7) is 2.46. The van der Waals surface area contributed by atoms with Gasteiger partial charge in [0.15, 0.2) is 0 Å². The van der Waals surface area contributed by atoms with Crippen molar-refractivity contribution in [2.24, 2.45) is 0 Å². The van der Waals surface area contributed by atoms with Gasteiger partial charge in [0.25, 0.3) is 0 Å². The number of nitrogens with zero attached hydrogens (tertiary/aromatic N) is 3. The summed E-state index contributed by atoms with van der Waals surface area (Å²) in [4.78, 5) is 20.1. The molecule has 0 radical (unpaired) electrons. The fourth-order valence-corrected chi connectivity index (χ4v) is 2.69. The molecular formula is C15H24N4O. The monoisotopic (exact) mass is 276 g/mol. The molecule has 2 heterocycles. The molecule has 1 aromatic heterocycles. The lowest BCUT2D eigenvalue weighted by Crippen LogP contribution is -2.41. The maximum atomic E-state index is 11.5. The largest absolute Gasteiger partial charge is 0.363 e. The fourth-order valence-electron chi connectivity index (χ4n) is 2.69. The third-order valence-corrected chi connectivity index (χ3v) is 3.85. The van der Waals surface area contributed by atoms with Crippen molar-refractivity contribution >= 4 is 11.7 Å². The number of hydrogen-bond donors (Lipinski definition) is 1. The van der Waals surface area contributed by atoms with Crippen LogP contribution in [0, 0.1) is 0 Å². The van der Waals surface area contributed by atoms with Gasteiger partial charge in [0.05, 0.1) is 6.54 Å². The Kier molecular flexibility index (Phi) is 4.95. The molecule has 1 fully saturated rings. The van der Waals surface area contributed by atoms with Crippen LogP contribution in [-0.4, -0.2) is 56.6 Å². The van der Waals surface area contributed by atoms with Crippen molar-refractivity contribution in [3.63, 3.8) is 0 Å². The Labute approximate surface area is 121 Å². The molecule has 0 unspecified atom stereocenters. The van der Waals surface area contributed by atoms with Crippen LogP contribution in [0.5, 0.6) is 0 Å². The average Bonchev–Trinajstić information content (AvgIpc) is 2.47. The van der Waals surface area contributed by atoms with E-state index >= 15 is 0 Å². The molecule has 1 saturated heterocycles. The maximum Gasteiger partial charge on any atom is 0.233 e. The molecule has 1 aliphatic heterocycles. The van der Waals surface area contributed by atoms with Crippen molar-refractivity contribution in [1.29, 1.82) is 0 Å². The van der Waals surface area contributed by atoms with Gasteiger partial charge in [-0.05, 0) is 43.0 Å². The van der Waals surface area contributed by atoms with Crippen molar-refractivity contribution in [3.05, 3.63) is 23.9 Å². The lowest BCUT2D eigenvalue weighted by atomic mass is 9.91. The predicted octanol–water partition coefficient (Wildman–Crippen LogP) is 1.07. The molecule has 1 atom stereocenters. The molecule has 5 heteroatoms. The van der Waals surface area contributed by atoms with Gasteiger partial charge in [-0.3, -0.25) is 9.69 Å². The summed E-state index contributed by atoms with van der Waals surface area (Å²) >= 11 is 0. The molecule has 110 valence electrons. The van der Waals surface area contributed by atoms with E-state index in [1.807, 2.05) is 25.2 Å². The number of piperidine rings is 1. The minimum absolute atomic E-state index is 0.0920. The summed E-state index contributed by atoms with van der Waals surface area (Å²) < 4.78 is 0. The molecule has 20 heavy (non-hydrogen) atoms. The van der Waals surface area contributed by atoms with Gasteiger partial charge in [-0.25, -0.2) is 4.98 Å². The molecule has 0 aromatic carbocycles. The Balaban J connectivity index is 2.05. The lowest BCUT2D eigenvalue weighted by molar-refractivity contribution is -0.122. The summed E-state index contributed by atoms with van der Waals surface area (Å²) in [6.07, 6.45) is 4.20. The van der Waals surface area contributed by atoms with Crippen molar-refractivity contribution in [2.75, 3.05) is 45.7 Å². The van der Waals surface area contributed by atoms with Gasteiger partial charge in [0.1, 0.15) is 5.82 Å². The molecule has 1 amide bonds. The van der Waals surface area contributed by atoms with Gasteiger partial charge in [0.2, 0.25) is 5.91 Å². The van der Waals surface area contributed by atoms with Gasteiger partial charge in [-0.1, -0.05) is 0 Å². The van der Waals surface area contributed by atoms with Crippen LogP contribution in [-0.2, 0) is 4.79 Å². The summed E-state index contributed by atoms with van der Waals surface area (Å²) in [5, 5.41) is 2.69. The van der Waals surface area contributed by atoms with Crippen LogP contribution in [0.3, 0.4) is 0 Å². The second-order valence-electron chi connectivity index (χ2n) is 5.59. The van der Waals surface area contributed by atoms with E-state index in [-0.39, 0.29) is 5.91 Å². The zero-order valence-electron chi connectivity index (χ0n) is 12.6. The van der Waals surface area contributed by atoms with Gasteiger partial charge in [-0.2, -0.15) is 0 Å². The zero-order valence-corrected chi connectivity index (χ0v) is 12.6. The van der Waals surface area contributed by atoms with Crippen LogP contribution in [0.1, 0.15) is 24.3 Å². The second-order valence-corrected chi connectivity index (χ2v) is 5.59. The fraction of sp³-hybridized carbons (Fsp3) is 0.600. The SMILES string of the molecule is CNC(=O)CN1CCC[C@H](c2ccnc(N(C)C)c2)C1. The van der Waals surface area contributed by atoms with Gasteiger partial charge < -0.3 is 10.2 Å². The minimum atomic E-state index is 0.0920. The highest BCUT2D eigenvalue weighted by Crippen LogP contribution is 2.28. The maximum absolute atomic E-state index is 11.5. The Morgan fingerprint density at radius 1 is 1.55 bits per heavy atom.